The molecule has 78 valence electrons. The van der Waals surface area contributed by atoms with Crippen molar-refractivity contribution in [2.75, 3.05) is 13.2 Å². The number of rotatable bonds is 4. The highest BCUT2D eigenvalue weighted by Gasteiger charge is 1.99. The fourth-order valence-electron chi connectivity index (χ4n) is 1.52. The van der Waals surface area contributed by atoms with E-state index in [0.717, 1.165) is 11.1 Å². The first-order valence-corrected chi connectivity index (χ1v) is 4.84. The molecule has 0 saturated heterocycles. The second-order valence-electron chi connectivity index (χ2n) is 3.20. The molecule has 0 aliphatic carbocycles. The van der Waals surface area contributed by atoms with Gasteiger partial charge >= 0.3 is 0 Å². The molecule has 2 rings (SSSR count). The van der Waals surface area contributed by atoms with Crippen molar-refractivity contribution in [3.8, 4) is 5.75 Å². The maximum atomic E-state index is 5.55. The van der Waals surface area contributed by atoms with E-state index in [-0.39, 0.29) is 0 Å². The maximum absolute atomic E-state index is 5.55. The predicted octanol–water partition coefficient (Wildman–Crippen LogP) is 2.11. The number of fused-ring (bicyclic) bond motifs is 1. The molecule has 0 aromatic heterocycles. The summed E-state index contributed by atoms with van der Waals surface area (Å²) < 4.78 is 5.55. The molecule has 0 amide bonds. The average Bonchev–Trinajstić information content (AvgIpc) is 2.30. The van der Waals surface area contributed by atoms with Gasteiger partial charge < -0.3 is 9.57 Å². The van der Waals surface area contributed by atoms with Crippen LogP contribution in [0.3, 0.4) is 0 Å². The van der Waals surface area contributed by atoms with Gasteiger partial charge in [-0.3, -0.25) is 0 Å². The van der Waals surface area contributed by atoms with Crippen LogP contribution in [0, 0.1) is 0 Å². The maximum Gasteiger partial charge on any atom is 0.127 e. The van der Waals surface area contributed by atoms with Gasteiger partial charge in [-0.25, -0.2) is 5.90 Å². The summed E-state index contributed by atoms with van der Waals surface area (Å²) in [4.78, 5) is 4.45. The predicted molar refractivity (Wildman–Crippen MR) is 59.6 cm³/mol. The fraction of sp³-hybridized carbons (Fsp3) is 0.167. The number of ether oxygens (including phenoxy) is 1. The van der Waals surface area contributed by atoms with E-state index in [1.54, 1.807) is 0 Å². The molecule has 2 aromatic carbocycles. The third-order valence-electron chi connectivity index (χ3n) is 2.21. The van der Waals surface area contributed by atoms with Gasteiger partial charge in [-0.1, -0.05) is 36.4 Å². The molecule has 0 unspecified atom stereocenters. The van der Waals surface area contributed by atoms with Gasteiger partial charge in [-0.05, 0) is 11.5 Å². The Morgan fingerprint density at radius 3 is 2.60 bits per heavy atom. The molecule has 0 radical (unpaired) electrons. The Labute approximate surface area is 88.4 Å². The lowest BCUT2D eigenvalue weighted by atomic mass is 10.1. The zero-order valence-corrected chi connectivity index (χ0v) is 8.35. The molecule has 0 spiro atoms. The van der Waals surface area contributed by atoms with Crippen LogP contribution in [0.5, 0.6) is 5.75 Å². The SMILES string of the molecule is NOCCOc1cccc2ccccc12. The largest absolute Gasteiger partial charge is 0.490 e. The summed E-state index contributed by atoms with van der Waals surface area (Å²) in [5.41, 5.74) is 0. The molecule has 0 aliphatic rings. The molecule has 0 fully saturated rings. The van der Waals surface area contributed by atoms with Crippen LogP contribution in [-0.4, -0.2) is 13.2 Å². The second kappa shape index (κ2) is 4.77. The standard InChI is InChI=1S/C12H13NO2/c13-15-9-8-14-12-7-3-5-10-4-1-2-6-11(10)12/h1-7H,8-9,13H2. The lowest BCUT2D eigenvalue weighted by Crippen LogP contribution is -2.10. The minimum absolute atomic E-state index is 0.392. The van der Waals surface area contributed by atoms with E-state index >= 15 is 0 Å². The van der Waals surface area contributed by atoms with Crippen molar-refractivity contribution in [1.82, 2.24) is 0 Å². The lowest BCUT2D eigenvalue weighted by molar-refractivity contribution is 0.102. The summed E-state index contributed by atoms with van der Waals surface area (Å²) in [5, 5.41) is 2.28. The van der Waals surface area contributed by atoms with Gasteiger partial charge in [0.25, 0.3) is 0 Å². The van der Waals surface area contributed by atoms with Crippen molar-refractivity contribution in [2.45, 2.75) is 0 Å². The Balaban J connectivity index is 2.26. The molecule has 0 saturated carbocycles. The Bertz CT molecular complexity index is 437. The summed E-state index contributed by atoms with van der Waals surface area (Å²) in [5.74, 6) is 5.79. The minimum Gasteiger partial charge on any atom is -0.490 e. The molecule has 3 nitrogen and oxygen atoms in total. The molecule has 0 bridgehead atoms. The molecular formula is C12H13NO2. The van der Waals surface area contributed by atoms with Crippen molar-refractivity contribution in [1.29, 1.82) is 0 Å². The van der Waals surface area contributed by atoms with Crippen molar-refractivity contribution >= 4 is 10.8 Å². The number of nitrogens with two attached hydrogens (primary N) is 1. The van der Waals surface area contributed by atoms with Crippen LogP contribution in [0.1, 0.15) is 0 Å². The summed E-state index contributed by atoms with van der Waals surface area (Å²) >= 11 is 0. The van der Waals surface area contributed by atoms with Crippen LogP contribution in [-0.2, 0) is 4.84 Å². The smallest absolute Gasteiger partial charge is 0.127 e. The molecule has 0 heterocycles. The zero-order chi connectivity index (χ0) is 10.5. The second-order valence-corrected chi connectivity index (χ2v) is 3.20. The Hall–Kier alpha value is -1.58. The van der Waals surface area contributed by atoms with Gasteiger partial charge in [0, 0.05) is 5.39 Å². The number of benzene rings is 2. The summed E-state index contributed by atoms with van der Waals surface area (Å²) in [6.45, 7) is 0.855. The van der Waals surface area contributed by atoms with E-state index in [9.17, 15) is 0 Å². The van der Waals surface area contributed by atoms with E-state index in [4.69, 9.17) is 10.6 Å². The van der Waals surface area contributed by atoms with Gasteiger partial charge in [0.2, 0.25) is 0 Å². The monoisotopic (exact) mass is 203 g/mol. The van der Waals surface area contributed by atoms with Crippen LogP contribution in [0.2, 0.25) is 0 Å². The lowest BCUT2D eigenvalue weighted by Gasteiger charge is -2.08. The third-order valence-corrected chi connectivity index (χ3v) is 2.21. The highest BCUT2D eigenvalue weighted by atomic mass is 16.6. The van der Waals surface area contributed by atoms with Gasteiger partial charge in [-0.15, -0.1) is 0 Å². The highest BCUT2D eigenvalue weighted by molar-refractivity contribution is 5.88. The van der Waals surface area contributed by atoms with Crippen LogP contribution >= 0.6 is 0 Å². The molecule has 0 aliphatic heterocycles. The van der Waals surface area contributed by atoms with Gasteiger partial charge in [-0.2, -0.15) is 0 Å². The zero-order valence-electron chi connectivity index (χ0n) is 8.35. The van der Waals surface area contributed by atoms with E-state index in [1.807, 2.05) is 30.3 Å². The first-order valence-electron chi connectivity index (χ1n) is 4.84. The molecule has 2 aromatic rings. The highest BCUT2D eigenvalue weighted by Crippen LogP contribution is 2.24. The first-order chi connectivity index (χ1) is 7.42. The first kappa shape index (κ1) is 9.96. The van der Waals surface area contributed by atoms with Crippen LogP contribution in [0.25, 0.3) is 10.8 Å². The number of hydrogen-bond acceptors (Lipinski definition) is 3. The van der Waals surface area contributed by atoms with Crippen LogP contribution < -0.4 is 10.6 Å². The molecule has 2 N–H and O–H groups in total. The quantitative estimate of drug-likeness (QED) is 0.611. The normalized spacial score (nSPS) is 10.5. The van der Waals surface area contributed by atoms with Crippen molar-refractivity contribution in [3.05, 3.63) is 42.5 Å². The third kappa shape index (κ3) is 2.26. The summed E-state index contributed by atoms with van der Waals surface area (Å²) in [6, 6.07) is 14.1. The molecule has 3 heteroatoms. The minimum atomic E-state index is 0.392. The van der Waals surface area contributed by atoms with Crippen LogP contribution in [0.4, 0.5) is 0 Å². The van der Waals surface area contributed by atoms with E-state index in [2.05, 4.69) is 17.0 Å². The van der Waals surface area contributed by atoms with Crippen molar-refractivity contribution in [2.24, 2.45) is 5.90 Å². The van der Waals surface area contributed by atoms with Gasteiger partial charge in [0.1, 0.15) is 19.0 Å². The van der Waals surface area contributed by atoms with Gasteiger partial charge in [0.05, 0.1) is 0 Å². The topological polar surface area (TPSA) is 44.5 Å². The fourth-order valence-corrected chi connectivity index (χ4v) is 1.52. The number of hydrogen-bond donors (Lipinski definition) is 1. The van der Waals surface area contributed by atoms with E-state index in [1.165, 1.54) is 5.39 Å². The summed E-state index contributed by atoms with van der Waals surface area (Å²) in [7, 11) is 0. The van der Waals surface area contributed by atoms with Gasteiger partial charge in [0.15, 0.2) is 0 Å². The Kier molecular flexibility index (Phi) is 3.17. The van der Waals surface area contributed by atoms with Crippen molar-refractivity contribution < 1.29 is 9.57 Å². The Morgan fingerprint density at radius 1 is 0.933 bits per heavy atom. The van der Waals surface area contributed by atoms with E-state index in [0.29, 0.717) is 13.2 Å². The van der Waals surface area contributed by atoms with E-state index < -0.39 is 0 Å². The molecule has 0 atom stereocenters. The molecule has 15 heavy (non-hydrogen) atoms. The molecular weight excluding hydrogens is 190 g/mol. The van der Waals surface area contributed by atoms with Crippen molar-refractivity contribution in [3.63, 3.8) is 0 Å². The Morgan fingerprint density at radius 2 is 1.73 bits per heavy atom. The summed E-state index contributed by atoms with van der Waals surface area (Å²) in [6.07, 6.45) is 0. The van der Waals surface area contributed by atoms with Crippen LogP contribution in [0.15, 0.2) is 42.5 Å². The average molecular weight is 203 g/mol.